The molecule has 1 amide bonds. The molecule has 8 heteroatoms. The average molecular weight is 265 g/mol. The minimum atomic E-state index is -4.16. The number of anilines is 2. The fraction of sp³-hybridized carbons (Fsp3) is 0.300. The van der Waals surface area contributed by atoms with Gasteiger partial charge in [-0.1, -0.05) is 0 Å². The Labute approximate surface area is 99.9 Å². The molecule has 100 valence electrons. The number of carbonyl (C=O) groups is 1. The van der Waals surface area contributed by atoms with Crippen LogP contribution in [-0.2, 0) is 0 Å². The van der Waals surface area contributed by atoms with E-state index in [0.29, 0.717) is 0 Å². The van der Waals surface area contributed by atoms with Gasteiger partial charge in [0.05, 0.1) is 17.9 Å². The third-order valence-corrected chi connectivity index (χ3v) is 2.17. The van der Waals surface area contributed by atoms with E-state index < -0.39 is 24.8 Å². The second-order valence-electron chi connectivity index (χ2n) is 3.58. The van der Waals surface area contributed by atoms with E-state index in [2.05, 4.69) is 5.32 Å². The summed E-state index contributed by atoms with van der Waals surface area (Å²) in [5.74, 6) is -4.89. The lowest BCUT2D eigenvalue weighted by Gasteiger charge is -2.17. The SMILES string of the molecule is NC(=O)c1ccc(NCC(F)(F)C(F)F)c(N)c1. The smallest absolute Gasteiger partial charge is 0.324 e. The molecule has 4 nitrogen and oxygen atoms in total. The maximum absolute atomic E-state index is 12.6. The number of rotatable bonds is 5. The molecule has 0 bridgehead atoms. The first-order valence-electron chi connectivity index (χ1n) is 4.83. The molecule has 1 rings (SSSR count). The van der Waals surface area contributed by atoms with Gasteiger partial charge in [-0.3, -0.25) is 4.79 Å². The molecule has 1 aromatic carbocycles. The van der Waals surface area contributed by atoms with Crippen LogP contribution in [0.2, 0.25) is 0 Å². The zero-order chi connectivity index (χ0) is 13.9. The van der Waals surface area contributed by atoms with Crippen LogP contribution in [0.1, 0.15) is 10.4 Å². The zero-order valence-electron chi connectivity index (χ0n) is 9.09. The molecule has 0 heterocycles. The highest BCUT2D eigenvalue weighted by Gasteiger charge is 2.40. The van der Waals surface area contributed by atoms with Gasteiger partial charge in [-0.2, -0.15) is 8.78 Å². The number of hydrogen-bond donors (Lipinski definition) is 3. The monoisotopic (exact) mass is 265 g/mol. The van der Waals surface area contributed by atoms with Crippen molar-refractivity contribution in [2.45, 2.75) is 12.3 Å². The molecular weight excluding hydrogens is 254 g/mol. The van der Waals surface area contributed by atoms with Gasteiger partial charge in [0, 0.05) is 5.56 Å². The van der Waals surface area contributed by atoms with Crippen LogP contribution >= 0.6 is 0 Å². The summed E-state index contributed by atoms with van der Waals surface area (Å²) in [6.45, 7) is -1.26. The number of alkyl halides is 4. The van der Waals surface area contributed by atoms with Crippen molar-refractivity contribution in [2.75, 3.05) is 17.6 Å². The number of primary amides is 1. The summed E-state index contributed by atoms with van der Waals surface area (Å²) in [5, 5.41) is 2.09. The Balaban J connectivity index is 2.78. The molecule has 0 fully saturated rings. The van der Waals surface area contributed by atoms with Crippen LogP contribution in [0.15, 0.2) is 18.2 Å². The molecule has 18 heavy (non-hydrogen) atoms. The van der Waals surface area contributed by atoms with Crippen molar-refractivity contribution in [3.63, 3.8) is 0 Å². The number of benzene rings is 1. The normalized spacial score (nSPS) is 11.6. The third kappa shape index (κ3) is 3.25. The second-order valence-corrected chi connectivity index (χ2v) is 3.58. The van der Waals surface area contributed by atoms with E-state index >= 15 is 0 Å². The second kappa shape index (κ2) is 5.11. The predicted molar refractivity (Wildman–Crippen MR) is 58.8 cm³/mol. The zero-order valence-corrected chi connectivity index (χ0v) is 9.09. The van der Waals surface area contributed by atoms with Crippen molar-refractivity contribution in [3.8, 4) is 0 Å². The minimum absolute atomic E-state index is 0.0281. The lowest BCUT2D eigenvalue weighted by Crippen LogP contribution is -2.35. The van der Waals surface area contributed by atoms with Crippen molar-refractivity contribution < 1.29 is 22.4 Å². The molecule has 0 aromatic heterocycles. The van der Waals surface area contributed by atoms with E-state index in [4.69, 9.17) is 11.5 Å². The standard InChI is InChI=1S/C10H11F4N3O/c11-9(12)10(13,14)4-17-7-2-1-5(8(16)18)3-6(7)15/h1-3,9,17H,4,15H2,(H2,16,18). The molecule has 0 spiro atoms. The van der Waals surface area contributed by atoms with Gasteiger partial charge in [0.2, 0.25) is 5.91 Å². The highest BCUT2D eigenvalue weighted by molar-refractivity contribution is 5.94. The number of halogens is 4. The first-order chi connectivity index (χ1) is 8.24. The van der Waals surface area contributed by atoms with Crippen LogP contribution in [-0.4, -0.2) is 24.8 Å². The molecule has 0 aliphatic carbocycles. The molecule has 0 radical (unpaired) electrons. The first-order valence-corrected chi connectivity index (χ1v) is 4.83. The lowest BCUT2D eigenvalue weighted by atomic mass is 10.1. The Morgan fingerprint density at radius 3 is 2.44 bits per heavy atom. The van der Waals surface area contributed by atoms with E-state index in [9.17, 15) is 22.4 Å². The van der Waals surface area contributed by atoms with E-state index in [1.807, 2.05) is 0 Å². The van der Waals surface area contributed by atoms with Gasteiger partial charge < -0.3 is 16.8 Å². The van der Waals surface area contributed by atoms with E-state index in [0.717, 1.165) is 0 Å². The molecule has 0 aliphatic heterocycles. The highest BCUT2D eigenvalue weighted by Crippen LogP contribution is 2.25. The molecule has 0 saturated carbocycles. The highest BCUT2D eigenvalue weighted by atomic mass is 19.3. The quantitative estimate of drug-likeness (QED) is 0.559. The van der Waals surface area contributed by atoms with Crippen molar-refractivity contribution in [1.82, 2.24) is 0 Å². The van der Waals surface area contributed by atoms with Crippen LogP contribution in [0.25, 0.3) is 0 Å². The maximum atomic E-state index is 12.6. The lowest BCUT2D eigenvalue weighted by molar-refractivity contribution is -0.117. The summed E-state index contributed by atoms with van der Waals surface area (Å²) in [6.07, 6.45) is -3.77. The summed E-state index contributed by atoms with van der Waals surface area (Å²) >= 11 is 0. The van der Waals surface area contributed by atoms with Crippen LogP contribution in [0.4, 0.5) is 28.9 Å². The van der Waals surface area contributed by atoms with E-state index in [-0.39, 0.29) is 16.9 Å². The molecule has 0 aliphatic rings. The van der Waals surface area contributed by atoms with Crippen LogP contribution in [0.3, 0.4) is 0 Å². The van der Waals surface area contributed by atoms with E-state index in [1.165, 1.54) is 18.2 Å². The summed E-state index contributed by atoms with van der Waals surface area (Å²) in [6, 6.07) is 3.64. The van der Waals surface area contributed by atoms with Crippen LogP contribution in [0.5, 0.6) is 0 Å². The first kappa shape index (κ1) is 14.1. The Bertz CT molecular complexity index is 451. The van der Waals surface area contributed by atoms with Crippen LogP contribution in [0, 0.1) is 0 Å². The number of hydrogen-bond acceptors (Lipinski definition) is 3. The molecule has 0 saturated heterocycles. The Hall–Kier alpha value is -1.99. The van der Waals surface area contributed by atoms with Crippen molar-refractivity contribution in [1.29, 1.82) is 0 Å². The average Bonchev–Trinajstić information content (AvgIpc) is 2.26. The Morgan fingerprint density at radius 1 is 1.39 bits per heavy atom. The fourth-order valence-corrected chi connectivity index (χ4v) is 1.17. The van der Waals surface area contributed by atoms with Crippen molar-refractivity contribution in [3.05, 3.63) is 23.8 Å². The maximum Gasteiger partial charge on any atom is 0.324 e. The number of nitrogens with two attached hydrogens (primary N) is 2. The molecule has 1 aromatic rings. The molecule has 0 atom stereocenters. The Morgan fingerprint density at radius 2 is 2.00 bits per heavy atom. The summed E-state index contributed by atoms with van der Waals surface area (Å²) in [4.78, 5) is 10.8. The topological polar surface area (TPSA) is 81.1 Å². The van der Waals surface area contributed by atoms with E-state index in [1.54, 1.807) is 0 Å². The van der Waals surface area contributed by atoms with Gasteiger partial charge in [0.15, 0.2) is 0 Å². The minimum Gasteiger partial charge on any atom is -0.397 e. The largest absolute Gasteiger partial charge is 0.397 e. The van der Waals surface area contributed by atoms with Crippen molar-refractivity contribution in [2.24, 2.45) is 5.73 Å². The van der Waals surface area contributed by atoms with Gasteiger partial charge >= 0.3 is 12.3 Å². The third-order valence-electron chi connectivity index (χ3n) is 2.17. The number of nitrogen functional groups attached to an aromatic ring is 1. The van der Waals surface area contributed by atoms with Gasteiger partial charge in [0.1, 0.15) is 0 Å². The Kier molecular flexibility index (Phi) is 4.00. The molecule has 5 N–H and O–H groups in total. The summed E-state index contributed by atoms with van der Waals surface area (Å²) in [5.41, 5.74) is 10.5. The van der Waals surface area contributed by atoms with Gasteiger partial charge in [-0.25, -0.2) is 8.78 Å². The van der Waals surface area contributed by atoms with Gasteiger partial charge in [-0.15, -0.1) is 0 Å². The number of carbonyl (C=O) groups excluding carboxylic acids is 1. The molecule has 0 unspecified atom stereocenters. The van der Waals surface area contributed by atoms with Crippen LogP contribution < -0.4 is 16.8 Å². The number of nitrogens with one attached hydrogen (secondary N) is 1. The van der Waals surface area contributed by atoms with Crippen molar-refractivity contribution >= 4 is 17.3 Å². The summed E-state index contributed by atoms with van der Waals surface area (Å²) in [7, 11) is 0. The predicted octanol–water partition coefficient (Wildman–Crippen LogP) is 1.68. The number of amides is 1. The molecular formula is C10H11F4N3O. The fourth-order valence-electron chi connectivity index (χ4n) is 1.17. The summed E-state index contributed by atoms with van der Waals surface area (Å²) < 4.78 is 49.1. The van der Waals surface area contributed by atoms with Gasteiger partial charge in [-0.05, 0) is 18.2 Å². The van der Waals surface area contributed by atoms with Gasteiger partial charge in [0.25, 0.3) is 0 Å².